The number of thiophene rings is 1. The number of ether oxygens (including phenoxy) is 2. The van der Waals surface area contributed by atoms with Gasteiger partial charge in [0.15, 0.2) is 5.78 Å². The van der Waals surface area contributed by atoms with Gasteiger partial charge < -0.3 is 20.1 Å². The van der Waals surface area contributed by atoms with E-state index in [1.54, 1.807) is 25.6 Å². The average Bonchev–Trinajstić information content (AvgIpc) is 3.28. The van der Waals surface area contributed by atoms with Crippen LogP contribution in [0.2, 0.25) is 0 Å². The zero-order chi connectivity index (χ0) is 21.4. The van der Waals surface area contributed by atoms with Crippen LogP contribution in [0, 0.1) is 0 Å². The van der Waals surface area contributed by atoms with Crippen LogP contribution in [0.25, 0.3) is 0 Å². The van der Waals surface area contributed by atoms with Gasteiger partial charge in [0.05, 0.1) is 31.6 Å². The van der Waals surface area contributed by atoms with Gasteiger partial charge in [-0.15, -0.1) is 11.3 Å². The molecule has 0 saturated carbocycles. The van der Waals surface area contributed by atoms with Gasteiger partial charge in [0.25, 0.3) is 0 Å². The van der Waals surface area contributed by atoms with Crippen molar-refractivity contribution in [1.82, 2.24) is 0 Å². The van der Waals surface area contributed by atoms with Crippen LogP contribution < -0.4 is 20.1 Å². The molecule has 0 spiro atoms. The molecule has 31 heavy (non-hydrogen) atoms. The summed E-state index contributed by atoms with van der Waals surface area (Å²) in [6.45, 7) is 0. The van der Waals surface area contributed by atoms with Crippen molar-refractivity contribution in [2.75, 3.05) is 24.9 Å². The van der Waals surface area contributed by atoms with Crippen molar-refractivity contribution in [2.24, 2.45) is 0 Å². The number of methoxy groups -OCH3 is 2. The zero-order valence-corrected chi connectivity index (χ0v) is 18.3. The van der Waals surface area contributed by atoms with Crippen molar-refractivity contribution < 1.29 is 14.3 Å². The molecular weight excluding hydrogens is 408 g/mol. The number of ketones is 1. The Kier molecular flexibility index (Phi) is 5.16. The molecule has 6 heteroatoms. The average molecular weight is 433 g/mol. The molecule has 0 radical (unpaired) electrons. The van der Waals surface area contributed by atoms with Crippen molar-refractivity contribution in [3.8, 4) is 11.5 Å². The topological polar surface area (TPSA) is 59.6 Å². The number of rotatable bonds is 4. The molecule has 2 heterocycles. The minimum absolute atomic E-state index is 0.162. The first-order valence-corrected chi connectivity index (χ1v) is 11.2. The number of Topliss-reactive ketones (excluding diaryl/α,β-unsaturated/α-hetero) is 1. The highest BCUT2D eigenvalue weighted by atomic mass is 32.1. The molecule has 0 fully saturated rings. The van der Waals surface area contributed by atoms with Crippen molar-refractivity contribution in [2.45, 2.75) is 24.8 Å². The number of hydrogen-bond donors (Lipinski definition) is 2. The Bertz CT molecular complexity index is 1150. The lowest BCUT2D eigenvalue weighted by molar-refractivity contribution is -0.116. The summed E-state index contributed by atoms with van der Waals surface area (Å²) in [4.78, 5) is 14.8. The van der Waals surface area contributed by atoms with Crippen molar-refractivity contribution >= 4 is 28.5 Å². The van der Waals surface area contributed by atoms with Gasteiger partial charge in [-0.25, -0.2) is 0 Å². The van der Waals surface area contributed by atoms with Crippen molar-refractivity contribution in [3.63, 3.8) is 0 Å². The first kappa shape index (κ1) is 19.7. The van der Waals surface area contributed by atoms with Gasteiger partial charge in [-0.1, -0.05) is 18.2 Å². The van der Waals surface area contributed by atoms with Gasteiger partial charge in [0.2, 0.25) is 0 Å². The minimum atomic E-state index is -0.316. The number of benzene rings is 2. The van der Waals surface area contributed by atoms with Gasteiger partial charge in [0, 0.05) is 40.1 Å². The monoisotopic (exact) mass is 432 g/mol. The summed E-state index contributed by atoms with van der Waals surface area (Å²) in [6, 6.07) is 17.7. The summed E-state index contributed by atoms with van der Waals surface area (Å²) in [5, 5.41) is 9.26. The van der Waals surface area contributed by atoms with Crippen molar-refractivity contribution in [1.29, 1.82) is 0 Å². The second-order valence-electron chi connectivity index (χ2n) is 7.79. The summed E-state index contributed by atoms with van der Waals surface area (Å²) < 4.78 is 11.1. The molecule has 0 saturated heterocycles. The second kappa shape index (κ2) is 8.12. The summed E-state index contributed by atoms with van der Waals surface area (Å²) in [6.07, 6.45) is 1.31. The van der Waals surface area contributed by atoms with E-state index in [1.807, 2.05) is 42.5 Å². The largest absolute Gasteiger partial charge is 0.497 e. The molecule has 5 rings (SSSR count). The summed E-state index contributed by atoms with van der Waals surface area (Å²) in [5.41, 5.74) is 4.62. The Morgan fingerprint density at radius 3 is 2.55 bits per heavy atom. The smallest absolute Gasteiger partial charge is 0.163 e. The van der Waals surface area contributed by atoms with E-state index in [2.05, 4.69) is 28.1 Å². The molecular formula is C25H24N2O3S. The fourth-order valence-corrected chi connectivity index (χ4v) is 5.34. The Balaban J connectivity index is 1.65. The SMILES string of the molecule is COc1ccc([C@@H]2Nc3ccccc3NC3=C2C(=O)C[C@@H](c2cccs2)C3)c(OC)c1. The minimum Gasteiger partial charge on any atom is -0.497 e. The first-order chi connectivity index (χ1) is 15.2. The summed E-state index contributed by atoms with van der Waals surface area (Å²) >= 11 is 1.72. The maximum Gasteiger partial charge on any atom is 0.163 e. The molecule has 0 amide bonds. The van der Waals surface area contributed by atoms with Crippen LogP contribution in [0.1, 0.15) is 35.2 Å². The highest BCUT2D eigenvalue weighted by Crippen LogP contribution is 2.46. The number of carbonyl (C=O) groups excluding carboxylic acids is 1. The van der Waals surface area contributed by atoms with Crippen LogP contribution in [-0.2, 0) is 4.79 Å². The fourth-order valence-electron chi connectivity index (χ4n) is 4.51. The number of carbonyl (C=O) groups is 1. The molecule has 2 atom stereocenters. The van der Waals surface area contributed by atoms with Crippen LogP contribution in [-0.4, -0.2) is 20.0 Å². The van der Waals surface area contributed by atoms with E-state index in [0.717, 1.165) is 40.4 Å². The number of hydrogen-bond acceptors (Lipinski definition) is 6. The lowest BCUT2D eigenvalue weighted by Crippen LogP contribution is -2.26. The third-order valence-electron chi connectivity index (χ3n) is 6.01. The predicted octanol–water partition coefficient (Wildman–Crippen LogP) is 5.74. The van der Waals surface area contributed by atoms with E-state index >= 15 is 0 Å². The zero-order valence-electron chi connectivity index (χ0n) is 17.5. The molecule has 3 aromatic rings. The quantitative estimate of drug-likeness (QED) is 0.550. The van der Waals surface area contributed by atoms with E-state index in [-0.39, 0.29) is 17.7 Å². The highest BCUT2D eigenvalue weighted by Gasteiger charge is 2.37. The number of anilines is 2. The Morgan fingerprint density at radius 2 is 1.81 bits per heavy atom. The van der Waals surface area contributed by atoms with Gasteiger partial charge in [-0.05, 0) is 42.1 Å². The van der Waals surface area contributed by atoms with E-state index in [9.17, 15) is 4.79 Å². The van der Waals surface area contributed by atoms with Crippen molar-refractivity contribution in [3.05, 3.63) is 81.7 Å². The molecule has 2 aliphatic rings. The van der Waals surface area contributed by atoms with Crippen LogP contribution in [0.4, 0.5) is 11.4 Å². The number of allylic oxidation sites excluding steroid dienone is 1. The maximum atomic E-state index is 13.5. The van der Waals surface area contributed by atoms with Crippen LogP contribution >= 0.6 is 11.3 Å². The second-order valence-corrected chi connectivity index (χ2v) is 8.77. The molecule has 1 aliphatic carbocycles. The third-order valence-corrected chi connectivity index (χ3v) is 7.04. The molecule has 0 unspecified atom stereocenters. The van der Waals surface area contributed by atoms with Gasteiger partial charge in [-0.2, -0.15) is 0 Å². The lowest BCUT2D eigenvalue weighted by atomic mass is 9.80. The fraction of sp³-hybridized carbons (Fsp3) is 0.240. The highest BCUT2D eigenvalue weighted by molar-refractivity contribution is 7.10. The summed E-state index contributed by atoms with van der Waals surface area (Å²) in [5.74, 6) is 1.77. The van der Waals surface area contributed by atoms with E-state index in [4.69, 9.17) is 9.47 Å². The van der Waals surface area contributed by atoms with E-state index in [0.29, 0.717) is 12.2 Å². The maximum absolute atomic E-state index is 13.5. The Hall–Kier alpha value is -3.25. The Labute approximate surface area is 185 Å². The van der Waals surface area contributed by atoms with Crippen LogP contribution in [0.15, 0.2) is 71.2 Å². The number of nitrogens with one attached hydrogen (secondary N) is 2. The first-order valence-electron chi connectivity index (χ1n) is 10.3. The van der Waals surface area contributed by atoms with Crippen LogP contribution in [0.5, 0.6) is 11.5 Å². The standard InChI is InChI=1S/C25H24N2O3S/c1-29-16-9-10-17(22(14-16)30-2)25-24-20(26-18-6-3-4-7-19(18)27-25)12-15(13-21(24)28)23-8-5-11-31-23/h3-11,14-15,25-27H,12-13H2,1-2H3/t15-,25-/m0/s1. The molecule has 5 nitrogen and oxygen atoms in total. The molecule has 2 N–H and O–H groups in total. The summed E-state index contributed by atoms with van der Waals surface area (Å²) in [7, 11) is 3.28. The lowest BCUT2D eigenvalue weighted by Gasteiger charge is -2.30. The van der Waals surface area contributed by atoms with Gasteiger partial charge in [-0.3, -0.25) is 4.79 Å². The Morgan fingerprint density at radius 1 is 0.968 bits per heavy atom. The molecule has 2 aromatic carbocycles. The van der Waals surface area contributed by atoms with Gasteiger partial charge >= 0.3 is 0 Å². The normalized spacial score (nSPS) is 20.1. The molecule has 158 valence electrons. The van der Waals surface area contributed by atoms with E-state index in [1.165, 1.54) is 4.88 Å². The van der Waals surface area contributed by atoms with E-state index < -0.39 is 0 Å². The molecule has 1 aromatic heterocycles. The molecule has 0 bridgehead atoms. The predicted molar refractivity (Wildman–Crippen MR) is 124 cm³/mol. The molecule has 1 aliphatic heterocycles. The third kappa shape index (κ3) is 3.57. The van der Waals surface area contributed by atoms with Gasteiger partial charge in [0.1, 0.15) is 11.5 Å². The number of fused-ring (bicyclic) bond motifs is 1. The number of para-hydroxylation sites is 2. The van der Waals surface area contributed by atoms with Crippen LogP contribution in [0.3, 0.4) is 0 Å².